The van der Waals surface area contributed by atoms with Gasteiger partial charge in [-0.3, -0.25) is 0 Å². The van der Waals surface area contributed by atoms with E-state index in [9.17, 15) is 13.2 Å². The number of benzene rings is 1. The highest BCUT2D eigenvalue weighted by atomic mass is 32.2. The van der Waals surface area contributed by atoms with Gasteiger partial charge in [0, 0.05) is 24.6 Å². The first kappa shape index (κ1) is 18.3. The normalized spacial score (nSPS) is 18.4. The number of nitrogens with one attached hydrogen (secondary N) is 2. The fourth-order valence-corrected chi connectivity index (χ4v) is 4.88. The predicted octanol–water partition coefficient (Wildman–Crippen LogP) is 2.43. The van der Waals surface area contributed by atoms with Gasteiger partial charge in [-0.2, -0.15) is 0 Å². The fraction of sp³-hybridized carbons (Fsp3) is 0.389. The number of hydrogen-bond acceptors (Lipinski definition) is 4. The van der Waals surface area contributed by atoms with Crippen LogP contribution in [0, 0.1) is 5.92 Å². The molecule has 0 spiro atoms. The number of carbonyl (C=O) groups excluding carboxylic acids is 1. The Morgan fingerprint density at radius 3 is 2.73 bits per heavy atom. The Morgan fingerprint density at radius 1 is 1.31 bits per heavy atom. The number of anilines is 1. The van der Waals surface area contributed by atoms with Crippen LogP contribution < -0.4 is 15.4 Å². The van der Waals surface area contributed by atoms with Crippen LogP contribution >= 0.6 is 0 Å². The predicted molar refractivity (Wildman–Crippen MR) is 101 cm³/mol. The van der Waals surface area contributed by atoms with E-state index in [0.717, 1.165) is 11.4 Å². The molecule has 1 aromatic carbocycles. The van der Waals surface area contributed by atoms with Crippen molar-refractivity contribution in [3.05, 3.63) is 42.7 Å². The van der Waals surface area contributed by atoms with Crippen LogP contribution in [-0.2, 0) is 9.84 Å². The van der Waals surface area contributed by atoms with Gasteiger partial charge >= 0.3 is 6.03 Å². The molecule has 7 nitrogen and oxygen atoms in total. The lowest BCUT2D eigenvalue weighted by atomic mass is 10.1. The second kappa shape index (κ2) is 7.82. The van der Waals surface area contributed by atoms with E-state index in [1.165, 1.54) is 0 Å². The quantitative estimate of drug-likeness (QED) is 0.809. The summed E-state index contributed by atoms with van der Waals surface area (Å²) in [4.78, 5) is 12.1. The van der Waals surface area contributed by atoms with Gasteiger partial charge in [-0.1, -0.05) is 0 Å². The van der Waals surface area contributed by atoms with E-state index in [4.69, 9.17) is 4.74 Å². The largest absolute Gasteiger partial charge is 0.492 e. The summed E-state index contributed by atoms with van der Waals surface area (Å²) in [5.41, 5.74) is 1.46. The van der Waals surface area contributed by atoms with Crippen LogP contribution in [0.25, 0.3) is 5.69 Å². The minimum Gasteiger partial charge on any atom is -0.492 e. The van der Waals surface area contributed by atoms with Gasteiger partial charge in [0.25, 0.3) is 0 Å². The molecule has 2 N–H and O–H groups in total. The molecule has 140 valence electrons. The second-order valence-electron chi connectivity index (χ2n) is 6.31. The maximum Gasteiger partial charge on any atom is 0.319 e. The van der Waals surface area contributed by atoms with Crippen molar-refractivity contribution in [1.82, 2.24) is 9.88 Å². The third-order valence-electron chi connectivity index (χ3n) is 4.28. The lowest BCUT2D eigenvalue weighted by Gasteiger charge is -2.15. The van der Waals surface area contributed by atoms with Crippen molar-refractivity contribution in [2.45, 2.75) is 13.3 Å². The Bertz CT molecular complexity index is 863. The molecule has 26 heavy (non-hydrogen) atoms. The van der Waals surface area contributed by atoms with Crippen molar-refractivity contribution in [3.8, 4) is 11.4 Å². The van der Waals surface area contributed by atoms with E-state index in [2.05, 4.69) is 10.6 Å². The molecule has 2 heterocycles. The first-order valence-corrected chi connectivity index (χ1v) is 10.4. The lowest BCUT2D eigenvalue weighted by molar-refractivity contribution is 0.250. The van der Waals surface area contributed by atoms with Crippen LogP contribution in [0.3, 0.4) is 0 Å². The number of rotatable bonds is 6. The summed E-state index contributed by atoms with van der Waals surface area (Å²) in [5, 5.41) is 5.54. The van der Waals surface area contributed by atoms with Crippen LogP contribution in [0.1, 0.15) is 13.3 Å². The van der Waals surface area contributed by atoms with E-state index in [0.29, 0.717) is 25.3 Å². The summed E-state index contributed by atoms with van der Waals surface area (Å²) in [6, 6.07) is 8.91. The Labute approximate surface area is 153 Å². The minimum atomic E-state index is -2.93. The SMILES string of the molecule is CCOc1ccc(NC(=O)NC[C@H]2CCS(=O)(=O)C2)cc1-n1cccc1. The van der Waals surface area contributed by atoms with Crippen LogP contribution in [0.5, 0.6) is 5.75 Å². The summed E-state index contributed by atoms with van der Waals surface area (Å²) in [6.45, 7) is 2.82. The standard InChI is InChI=1S/C18H23N3O4S/c1-2-25-17-6-5-15(11-16(17)21-8-3-4-9-21)20-18(22)19-12-14-7-10-26(23,24)13-14/h3-6,8-9,11,14H,2,7,10,12-13H2,1H3,(H2,19,20,22)/t14-/m1/s1. The van der Waals surface area contributed by atoms with Gasteiger partial charge in [-0.25, -0.2) is 13.2 Å². The van der Waals surface area contributed by atoms with Gasteiger partial charge in [0.05, 0.1) is 23.8 Å². The highest BCUT2D eigenvalue weighted by Gasteiger charge is 2.27. The molecular weight excluding hydrogens is 354 g/mol. The fourth-order valence-electron chi connectivity index (χ4n) is 3.01. The number of aromatic nitrogens is 1. The van der Waals surface area contributed by atoms with Gasteiger partial charge in [0.1, 0.15) is 5.75 Å². The average Bonchev–Trinajstić information content (AvgIpc) is 3.24. The number of sulfone groups is 1. The smallest absolute Gasteiger partial charge is 0.319 e. The van der Waals surface area contributed by atoms with Crippen molar-refractivity contribution < 1.29 is 17.9 Å². The van der Waals surface area contributed by atoms with E-state index in [-0.39, 0.29) is 23.5 Å². The molecule has 1 saturated heterocycles. The van der Waals surface area contributed by atoms with E-state index >= 15 is 0 Å². The van der Waals surface area contributed by atoms with Gasteiger partial charge < -0.3 is 19.9 Å². The van der Waals surface area contributed by atoms with Crippen LogP contribution in [-0.4, -0.2) is 43.7 Å². The maximum atomic E-state index is 12.1. The van der Waals surface area contributed by atoms with E-state index < -0.39 is 9.84 Å². The first-order chi connectivity index (χ1) is 12.5. The molecular formula is C18H23N3O4S. The molecule has 1 aromatic heterocycles. The number of carbonyl (C=O) groups is 1. The zero-order valence-electron chi connectivity index (χ0n) is 14.6. The number of ether oxygens (including phenoxy) is 1. The Kier molecular flexibility index (Phi) is 5.51. The summed E-state index contributed by atoms with van der Waals surface area (Å²) in [7, 11) is -2.93. The summed E-state index contributed by atoms with van der Waals surface area (Å²) in [6.07, 6.45) is 4.41. The Morgan fingerprint density at radius 2 is 2.08 bits per heavy atom. The van der Waals surface area contributed by atoms with E-state index in [1.54, 1.807) is 6.07 Å². The molecule has 0 radical (unpaired) electrons. The van der Waals surface area contributed by atoms with Crippen LogP contribution in [0.2, 0.25) is 0 Å². The molecule has 1 atom stereocenters. The monoisotopic (exact) mass is 377 g/mol. The zero-order chi connectivity index (χ0) is 18.6. The molecule has 1 aliphatic rings. The number of hydrogen-bond donors (Lipinski definition) is 2. The van der Waals surface area contributed by atoms with E-state index in [1.807, 2.05) is 48.1 Å². The average molecular weight is 377 g/mol. The molecule has 3 rings (SSSR count). The lowest BCUT2D eigenvalue weighted by Crippen LogP contribution is -2.33. The molecule has 0 bridgehead atoms. The molecule has 0 unspecified atom stereocenters. The Balaban J connectivity index is 1.64. The highest BCUT2D eigenvalue weighted by molar-refractivity contribution is 7.91. The topological polar surface area (TPSA) is 89.4 Å². The molecule has 2 amide bonds. The summed E-state index contributed by atoms with van der Waals surface area (Å²) in [5.74, 6) is 1.07. The minimum absolute atomic E-state index is 0.0125. The molecule has 2 aromatic rings. The van der Waals surface area contributed by atoms with Crippen LogP contribution in [0.4, 0.5) is 10.5 Å². The third kappa shape index (κ3) is 4.57. The van der Waals surface area contributed by atoms with Crippen molar-refractivity contribution in [2.24, 2.45) is 5.92 Å². The van der Waals surface area contributed by atoms with Crippen molar-refractivity contribution >= 4 is 21.6 Å². The van der Waals surface area contributed by atoms with Crippen molar-refractivity contribution in [1.29, 1.82) is 0 Å². The van der Waals surface area contributed by atoms with Gasteiger partial charge in [-0.05, 0) is 49.6 Å². The van der Waals surface area contributed by atoms with Gasteiger partial charge in [-0.15, -0.1) is 0 Å². The van der Waals surface area contributed by atoms with Crippen LogP contribution in [0.15, 0.2) is 42.7 Å². The van der Waals surface area contributed by atoms with Gasteiger partial charge in [0.2, 0.25) is 0 Å². The van der Waals surface area contributed by atoms with Crippen molar-refractivity contribution in [3.63, 3.8) is 0 Å². The maximum absolute atomic E-state index is 12.1. The van der Waals surface area contributed by atoms with Gasteiger partial charge in [0.15, 0.2) is 9.84 Å². The number of urea groups is 1. The third-order valence-corrected chi connectivity index (χ3v) is 6.11. The molecule has 0 aliphatic carbocycles. The Hall–Kier alpha value is -2.48. The summed E-state index contributed by atoms with van der Waals surface area (Å²) >= 11 is 0. The molecule has 0 saturated carbocycles. The summed E-state index contributed by atoms with van der Waals surface area (Å²) < 4.78 is 30.5. The molecule has 1 fully saturated rings. The van der Waals surface area contributed by atoms with Crippen molar-refractivity contribution in [2.75, 3.05) is 30.0 Å². The molecule has 1 aliphatic heterocycles. The number of nitrogens with zero attached hydrogens (tertiary/aromatic N) is 1. The zero-order valence-corrected chi connectivity index (χ0v) is 15.5. The number of amides is 2. The highest BCUT2D eigenvalue weighted by Crippen LogP contribution is 2.27. The second-order valence-corrected chi connectivity index (χ2v) is 8.54. The molecule has 8 heteroatoms. The first-order valence-electron chi connectivity index (χ1n) is 8.62.